The van der Waals surface area contributed by atoms with Crippen LogP contribution in [0.4, 0.5) is 0 Å². The van der Waals surface area contributed by atoms with Gasteiger partial charge in [-0.2, -0.15) is 0 Å². The van der Waals surface area contributed by atoms with Crippen LogP contribution in [0.5, 0.6) is 0 Å². The van der Waals surface area contributed by atoms with E-state index in [1.165, 1.54) is 19.3 Å². The second-order valence-electron chi connectivity index (χ2n) is 12.9. The molecule has 1 aromatic heterocycles. The molecule has 1 aliphatic heterocycles. The van der Waals surface area contributed by atoms with Crippen molar-refractivity contribution in [3.63, 3.8) is 0 Å². The molecule has 2 heterocycles. The molecule has 9 atom stereocenters. The zero-order valence-corrected chi connectivity index (χ0v) is 23.6. The molecule has 1 N–H and O–H groups in total. The van der Waals surface area contributed by atoms with Gasteiger partial charge in [-0.05, 0) is 43.7 Å². The number of furan rings is 1. The van der Waals surface area contributed by atoms with Crippen LogP contribution in [0.3, 0.4) is 0 Å². The van der Waals surface area contributed by atoms with Crippen LogP contribution >= 0.6 is 0 Å². The number of carbonyl (C=O) groups excluding carboxylic acids is 3. The molecule has 0 radical (unpaired) electrons. The number of ether oxygens (including phenoxy) is 3. The Balaban J connectivity index is 1.82. The average molecular weight is 529 g/mol. The van der Waals surface area contributed by atoms with Crippen LogP contribution in [0.15, 0.2) is 34.0 Å². The zero-order valence-electron chi connectivity index (χ0n) is 23.6. The van der Waals surface area contributed by atoms with Crippen molar-refractivity contribution in [2.75, 3.05) is 6.61 Å². The Morgan fingerprint density at radius 3 is 2.39 bits per heavy atom. The van der Waals surface area contributed by atoms with Gasteiger partial charge in [-0.25, -0.2) is 4.79 Å². The van der Waals surface area contributed by atoms with E-state index in [0.29, 0.717) is 12.8 Å². The first-order chi connectivity index (χ1) is 17.6. The number of esters is 2. The van der Waals surface area contributed by atoms with Crippen LogP contribution < -0.4 is 0 Å². The van der Waals surface area contributed by atoms with E-state index in [-0.39, 0.29) is 30.0 Å². The maximum Gasteiger partial charge on any atom is 0.374 e. The van der Waals surface area contributed by atoms with Gasteiger partial charge in [0, 0.05) is 23.7 Å². The predicted molar refractivity (Wildman–Crippen MR) is 137 cm³/mol. The number of aliphatic hydroxyl groups is 1. The highest BCUT2D eigenvalue weighted by Crippen LogP contribution is 2.66. The van der Waals surface area contributed by atoms with Crippen LogP contribution in [0.25, 0.3) is 0 Å². The van der Waals surface area contributed by atoms with E-state index in [9.17, 15) is 19.5 Å². The Morgan fingerprint density at radius 1 is 1.16 bits per heavy atom. The maximum atomic E-state index is 14.7. The third-order valence-corrected chi connectivity index (χ3v) is 10.8. The maximum absolute atomic E-state index is 14.7. The molecule has 2 saturated carbocycles. The van der Waals surface area contributed by atoms with Crippen molar-refractivity contribution in [1.29, 1.82) is 0 Å². The fraction of sp³-hybridized carbons (Fsp3) is 0.700. The normalized spacial score (nSPS) is 43.7. The lowest BCUT2D eigenvalue weighted by Crippen LogP contribution is -2.80. The van der Waals surface area contributed by atoms with E-state index in [0.717, 1.165) is 11.1 Å². The third-order valence-electron chi connectivity index (χ3n) is 10.8. The van der Waals surface area contributed by atoms with Crippen molar-refractivity contribution in [2.24, 2.45) is 34.5 Å². The number of carbonyl (C=O) groups is 3. The average Bonchev–Trinajstić information content (AvgIpc) is 3.37. The minimum absolute atomic E-state index is 0.00234. The molecular formula is C30H40O8. The Hall–Kier alpha value is -2.45. The first-order valence-electron chi connectivity index (χ1n) is 13.7. The van der Waals surface area contributed by atoms with Gasteiger partial charge in [0.25, 0.3) is 0 Å². The summed E-state index contributed by atoms with van der Waals surface area (Å²) >= 11 is 0. The summed E-state index contributed by atoms with van der Waals surface area (Å²) in [7, 11) is 0. The molecule has 0 spiro atoms. The van der Waals surface area contributed by atoms with Gasteiger partial charge in [0.05, 0.1) is 18.8 Å². The van der Waals surface area contributed by atoms with Crippen LogP contribution in [0.2, 0.25) is 0 Å². The second-order valence-corrected chi connectivity index (χ2v) is 12.9. The highest BCUT2D eigenvalue weighted by Gasteiger charge is 2.76. The summed E-state index contributed by atoms with van der Waals surface area (Å²) < 4.78 is 23.7. The summed E-state index contributed by atoms with van der Waals surface area (Å²) in [6.45, 7) is 15.1. The predicted octanol–water partition coefficient (Wildman–Crippen LogP) is 4.50. The molecule has 2 bridgehead atoms. The van der Waals surface area contributed by atoms with Crippen molar-refractivity contribution >= 4 is 17.7 Å². The Bertz CT molecular complexity index is 1200. The van der Waals surface area contributed by atoms with Crippen LogP contribution in [-0.2, 0) is 23.8 Å². The smallest absolute Gasteiger partial charge is 0.374 e. The summed E-state index contributed by atoms with van der Waals surface area (Å²) in [6, 6.07) is 3.10. The molecule has 0 amide bonds. The minimum atomic E-state index is -1.57. The number of hydrogen-bond acceptors (Lipinski definition) is 8. The summed E-state index contributed by atoms with van der Waals surface area (Å²) in [5.41, 5.74) is -2.83. The van der Waals surface area contributed by atoms with Crippen molar-refractivity contribution in [2.45, 2.75) is 91.6 Å². The van der Waals surface area contributed by atoms with Crippen LogP contribution in [0, 0.1) is 34.5 Å². The number of ketones is 1. The van der Waals surface area contributed by atoms with Gasteiger partial charge in [0.2, 0.25) is 5.76 Å². The lowest BCUT2D eigenvalue weighted by molar-refractivity contribution is -0.339. The van der Waals surface area contributed by atoms with Gasteiger partial charge in [0.1, 0.15) is 23.6 Å². The molecule has 5 rings (SSSR count). The Labute approximate surface area is 224 Å². The molecule has 0 aromatic carbocycles. The van der Waals surface area contributed by atoms with Gasteiger partial charge >= 0.3 is 11.9 Å². The SMILES string of the molecule is CC(=O)O[C@@]12CO[C@@H]1C[C@H](C)[C@@]1(C)C(=O)[C@H](C)C3=C(C)[C@@H](C)C[C@@](O)([C@@H](OC(=O)c4ccco4)[C@H]21)C3(C)C. The van der Waals surface area contributed by atoms with Crippen molar-refractivity contribution < 1.29 is 38.1 Å². The highest BCUT2D eigenvalue weighted by molar-refractivity contribution is 5.91. The van der Waals surface area contributed by atoms with E-state index in [1.807, 2.05) is 48.5 Å². The Kier molecular flexibility index (Phi) is 6.08. The number of Topliss-reactive ketones (excluding diaryl/α,β-unsaturated/α-hetero) is 1. The van der Waals surface area contributed by atoms with Gasteiger partial charge in [-0.1, -0.05) is 52.7 Å². The molecule has 8 nitrogen and oxygen atoms in total. The van der Waals surface area contributed by atoms with Gasteiger partial charge in [-0.15, -0.1) is 0 Å². The summed E-state index contributed by atoms with van der Waals surface area (Å²) in [4.78, 5) is 40.8. The van der Waals surface area contributed by atoms with E-state index >= 15 is 0 Å². The molecule has 1 aromatic rings. The van der Waals surface area contributed by atoms with Gasteiger partial charge in [0.15, 0.2) is 5.60 Å². The zero-order chi connectivity index (χ0) is 28.0. The van der Waals surface area contributed by atoms with Crippen LogP contribution in [-0.4, -0.2) is 52.8 Å². The molecule has 0 unspecified atom stereocenters. The summed E-state index contributed by atoms with van der Waals surface area (Å²) in [6.07, 6.45) is 0.545. The van der Waals surface area contributed by atoms with E-state index in [1.54, 1.807) is 6.07 Å². The van der Waals surface area contributed by atoms with E-state index < -0.39 is 58.0 Å². The molecule has 3 fully saturated rings. The highest BCUT2D eigenvalue weighted by atomic mass is 16.6. The molecule has 4 aliphatic rings. The minimum Gasteiger partial charge on any atom is -0.457 e. The molecule has 8 heteroatoms. The van der Waals surface area contributed by atoms with Gasteiger partial charge < -0.3 is 23.7 Å². The first kappa shape index (κ1) is 27.1. The Morgan fingerprint density at radius 2 is 1.84 bits per heavy atom. The number of rotatable bonds is 3. The standard InChI is InChI=1S/C30H40O8/c1-15-13-30(34)25(37-26(33)20-10-9-11-35-20)23-28(8,24(32)18(4)22(17(15)3)27(30,6)7)16(2)12-21-29(23,14-36-21)38-19(5)31/h9-11,15-16,18,21,23,25,34H,12-14H2,1-8H3/t15-,16-,18+,21+,23-,25-,28+,29-,30+/m0/s1. The molecule has 208 valence electrons. The molecule has 38 heavy (non-hydrogen) atoms. The number of fused-ring (bicyclic) bond motifs is 5. The fourth-order valence-corrected chi connectivity index (χ4v) is 8.52. The summed E-state index contributed by atoms with van der Waals surface area (Å²) in [5, 5.41) is 12.9. The van der Waals surface area contributed by atoms with Crippen LogP contribution in [0.1, 0.15) is 78.8 Å². The largest absolute Gasteiger partial charge is 0.457 e. The third kappa shape index (κ3) is 3.32. The molecule has 1 saturated heterocycles. The summed E-state index contributed by atoms with van der Waals surface area (Å²) in [5.74, 6) is -2.82. The topological polar surface area (TPSA) is 112 Å². The molecule has 3 aliphatic carbocycles. The number of allylic oxidation sites excluding steroid dienone is 1. The lowest BCUT2D eigenvalue weighted by Gasteiger charge is -2.68. The van der Waals surface area contributed by atoms with E-state index in [4.69, 9.17) is 18.6 Å². The van der Waals surface area contributed by atoms with Crippen molar-refractivity contribution in [3.8, 4) is 0 Å². The molecular weight excluding hydrogens is 488 g/mol. The first-order valence-corrected chi connectivity index (χ1v) is 13.7. The van der Waals surface area contributed by atoms with Crippen molar-refractivity contribution in [1.82, 2.24) is 0 Å². The van der Waals surface area contributed by atoms with E-state index in [2.05, 4.69) is 0 Å². The van der Waals surface area contributed by atoms with Gasteiger partial charge in [-0.3, -0.25) is 9.59 Å². The van der Waals surface area contributed by atoms with Crippen molar-refractivity contribution in [3.05, 3.63) is 35.3 Å². The lowest BCUT2D eigenvalue weighted by atomic mass is 9.42. The fourth-order valence-electron chi connectivity index (χ4n) is 8.52. The second kappa shape index (κ2) is 8.52. The monoisotopic (exact) mass is 528 g/mol. The number of hydrogen-bond donors (Lipinski definition) is 1. The quantitative estimate of drug-likeness (QED) is 0.451.